The van der Waals surface area contributed by atoms with E-state index in [4.69, 9.17) is 4.74 Å². The van der Waals surface area contributed by atoms with Crippen LogP contribution in [0.2, 0.25) is 0 Å². The Hall–Kier alpha value is -1.40. The summed E-state index contributed by atoms with van der Waals surface area (Å²) in [6.07, 6.45) is 1.67. The summed E-state index contributed by atoms with van der Waals surface area (Å²) < 4.78 is 8.73. The molecule has 1 heterocycles. The van der Waals surface area contributed by atoms with Crippen molar-refractivity contribution in [1.82, 2.24) is 20.1 Å². The van der Waals surface area contributed by atoms with E-state index in [2.05, 4.69) is 44.4 Å². The molecule has 0 atom stereocenters. The van der Waals surface area contributed by atoms with Crippen molar-refractivity contribution in [2.75, 3.05) is 6.54 Å². The number of aryl methyl sites for hydroxylation is 1. The zero-order valence-electron chi connectivity index (χ0n) is 11.1. The lowest BCUT2D eigenvalue weighted by Gasteiger charge is -2.12. The smallest absolute Gasteiger partial charge is 0.170 e. The van der Waals surface area contributed by atoms with Gasteiger partial charge in [0.15, 0.2) is 5.82 Å². The summed E-state index contributed by atoms with van der Waals surface area (Å²) in [5, 5.41) is 11.1. The van der Waals surface area contributed by atoms with Gasteiger partial charge in [0, 0.05) is 23.6 Å². The van der Waals surface area contributed by atoms with Crippen molar-refractivity contribution in [3.05, 3.63) is 40.4 Å². The van der Waals surface area contributed by atoms with Crippen LogP contribution in [0.4, 0.5) is 0 Å². The summed E-state index contributed by atoms with van der Waals surface area (Å²) in [6, 6.07) is 6.00. The molecule has 19 heavy (non-hydrogen) atoms. The molecule has 0 unspecified atom stereocenters. The lowest BCUT2D eigenvalue weighted by Crippen LogP contribution is -2.13. The summed E-state index contributed by atoms with van der Waals surface area (Å²) in [5.74, 6) is 1.67. The van der Waals surface area contributed by atoms with Gasteiger partial charge in [-0.15, -0.1) is 10.2 Å². The van der Waals surface area contributed by atoms with Gasteiger partial charge in [-0.2, -0.15) is 0 Å². The van der Waals surface area contributed by atoms with E-state index in [-0.39, 0.29) is 0 Å². The Morgan fingerprint density at radius 2 is 2.26 bits per heavy atom. The second-order valence-corrected chi connectivity index (χ2v) is 5.09. The van der Waals surface area contributed by atoms with Crippen LogP contribution in [0.15, 0.2) is 29.0 Å². The van der Waals surface area contributed by atoms with Gasteiger partial charge in [-0.1, -0.05) is 22.9 Å². The molecule has 0 saturated carbocycles. The standard InChI is InChI=1S/C13H17BrN4O/c1-3-15-7-10-6-11(14)4-5-12(10)19-8-13-17-16-9-18(13)2/h4-6,9,15H,3,7-8H2,1-2H3. The lowest BCUT2D eigenvalue weighted by molar-refractivity contribution is 0.287. The van der Waals surface area contributed by atoms with Crippen LogP contribution in [-0.4, -0.2) is 21.3 Å². The number of rotatable bonds is 6. The van der Waals surface area contributed by atoms with Crippen LogP contribution in [0, 0.1) is 0 Å². The average Bonchev–Trinajstić information content (AvgIpc) is 2.81. The number of halogens is 1. The van der Waals surface area contributed by atoms with E-state index in [1.165, 1.54) is 0 Å². The van der Waals surface area contributed by atoms with Crippen molar-refractivity contribution in [2.45, 2.75) is 20.1 Å². The largest absolute Gasteiger partial charge is 0.485 e. The second-order valence-electron chi connectivity index (χ2n) is 4.18. The maximum absolute atomic E-state index is 5.83. The average molecular weight is 325 g/mol. The first kappa shape index (κ1) is 14.0. The first-order valence-electron chi connectivity index (χ1n) is 6.15. The number of nitrogens with zero attached hydrogens (tertiary/aromatic N) is 3. The molecular formula is C13H17BrN4O. The maximum atomic E-state index is 5.83. The maximum Gasteiger partial charge on any atom is 0.170 e. The van der Waals surface area contributed by atoms with Gasteiger partial charge >= 0.3 is 0 Å². The highest BCUT2D eigenvalue weighted by Gasteiger charge is 2.07. The third kappa shape index (κ3) is 3.78. The van der Waals surface area contributed by atoms with E-state index in [1.807, 2.05) is 23.7 Å². The van der Waals surface area contributed by atoms with Crippen molar-refractivity contribution in [1.29, 1.82) is 0 Å². The molecule has 0 radical (unpaired) electrons. The molecule has 2 rings (SSSR count). The van der Waals surface area contributed by atoms with Crippen LogP contribution in [0.5, 0.6) is 5.75 Å². The van der Waals surface area contributed by atoms with Crippen molar-refractivity contribution in [3.63, 3.8) is 0 Å². The Morgan fingerprint density at radius 1 is 1.42 bits per heavy atom. The number of aromatic nitrogens is 3. The summed E-state index contributed by atoms with van der Waals surface area (Å²) in [5.41, 5.74) is 1.12. The van der Waals surface area contributed by atoms with E-state index >= 15 is 0 Å². The molecule has 0 fully saturated rings. The Kier molecular flexibility index (Phi) is 4.93. The summed E-state index contributed by atoms with van der Waals surface area (Å²) in [7, 11) is 1.90. The minimum atomic E-state index is 0.414. The molecule has 6 heteroatoms. The van der Waals surface area contributed by atoms with Crippen LogP contribution in [0.1, 0.15) is 18.3 Å². The van der Waals surface area contributed by atoms with Gasteiger partial charge in [0.1, 0.15) is 18.7 Å². The van der Waals surface area contributed by atoms with Crippen molar-refractivity contribution >= 4 is 15.9 Å². The Morgan fingerprint density at radius 3 is 2.95 bits per heavy atom. The molecule has 0 bridgehead atoms. The molecule has 102 valence electrons. The molecular weight excluding hydrogens is 308 g/mol. The number of benzene rings is 1. The number of hydrogen-bond donors (Lipinski definition) is 1. The third-order valence-corrected chi connectivity index (χ3v) is 3.24. The normalized spacial score (nSPS) is 10.7. The van der Waals surface area contributed by atoms with E-state index in [9.17, 15) is 0 Å². The molecule has 0 amide bonds. The lowest BCUT2D eigenvalue weighted by atomic mass is 10.2. The van der Waals surface area contributed by atoms with Gasteiger partial charge in [-0.05, 0) is 24.7 Å². The molecule has 0 spiro atoms. The van der Waals surface area contributed by atoms with E-state index in [1.54, 1.807) is 6.33 Å². The van der Waals surface area contributed by atoms with Crippen LogP contribution in [0.3, 0.4) is 0 Å². The predicted octanol–water partition coefficient (Wildman–Crippen LogP) is 2.27. The van der Waals surface area contributed by atoms with E-state index in [0.717, 1.165) is 34.7 Å². The van der Waals surface area contributed by atoms with Crippen molar-refractivity contribution in [3.8, 4) is 5.75 Å². The summed E-state index contributed by atoms with van der Waals surface area (Å²) in [6.45, 7) is 4.20. The molecule has 1 aromatic carbocycles. The van der Waals surface area contributed by atoms with Gasteiger partial charge in [-0.3, -0.25) is 0 Å². The van der Waals surface area contributed by atoms with E-state index < -0.39 is 0 Å². The quantitative estimate of drug-likeness (QED) is 0.885. The molecule has 5 nitrogen and oxygen atoms in total. The number of hydrogen-bond acceptors (Lipinski definition) is 4. The first-order chi connectivity index (χ1) is 9.20. The van der Waals surface area contributed by atoms with Crippen LogP contribution >= 0.6 is 15.9 Å². The van der Waals surface area contributed by atoms with Crippen molar-refractivity contribution in [2.24, 2.45) is 7.05 Å². The van der Waals surface area contributed by atoms with Gasteiger partial charge in [0.2, 0.25) is 0 Å². The Balaban J connectivity index is 2.08. The summed E-state index contributed by atoms with van der Waals surface area (Å²) in [4.78, 5) is 0. The SMILES string of the molecule is CCNCc1cc(Br)ccc1OCc1nncn1C. The fraction of sp³-hybridized carbons (Fsp3) is 0.385. The first-order valence-corrected chi connectivity index (χ1v) is 6.94. The minimum absolute atomic E-state index is 0.414. The van der Waals surface area contributed by atoms with Gasteiger partial charge in [0.05, 0.1) is 0 Å². The fourth-order valence-corrected chi connectivity index (χ4v) is 2.08. The highest BCUT2D eigenvalue weighted by Crippen LogP contribution is 2.23. The third-order valence-electron chi connectivity index (χ3n) is 2.75. The van der Waals surface area contributed by atoms with Gasteiger partial charge in [0.25, 0.3) is 0 Å². The predicted molar refractivity (Wildman–Crippen MR) is 76.9 cm³/mol. The van der Waals surface area contributed by atoms with E-state index in [0.29, 0.717) is 6.61 Å². The molecule has 0 saturated heterocycles. The fourth-order valence-electron chi connectivity index (χ4n) is 1.67. The minimum Gasteiger partial charge on any atom is -0.485 e. The molecule has 2 aromatic rings. The monoisotopic (exact) mass is 324 g/mol. The molecule has 1 aromatic heterocycles. The van der Waals surface area contributed by atoms with Crippen LogP contribution < -0.4 is 10.1 Å². The zero-order chi connectivity index (χ0) is 13.7. The molecule has 0 aliphatic rings. The summed E-state index contributed by atoms with van der Waals surface area (Å²) >= 11 is 3.48. The second kappa shape index (κ2) is 6.68. The van der Waals surface area contributed by atoms with Crippen LogP contribution in [0.25, 0.3) is 0 Å². The highest BCUT2D eigenvalue weighted by molar-refractivity contribution is 9.10. The number of ether oxygens (including phenoxy) is 1. The molecule has 1 N–H and O–H groups in total. The highest BCUT2D eigenvalue weighted by atomic mass is 79.9. The number of nitrogens with one attached hydrogen (secondary N) is 1. The van der Waals surface area contributed by atoms with Crippen molar-refractivity contribution < 1.29 is 4.74 Å². The zero-order valence-corrected chi connectivity index (χ0v) is 12.6. The van der Waals surface area contributed by atoms with Crippen LogP contribution in [-0.2, 0) is 20.2 Å². The topological polar surface area (TPSA) is 52.0 Å². The Labute approximate surface area is 121 Å². The van der Waals surface area contributed by atoms with Gasteiger partial charge < -0.3 is 14.6 Å². The molecule has 0 aliphatic heterocycles. The van der Waals surface area contributed by atoms with Gasteiger partial charge in [-0.25, -0.2) is 0 Å². The Bertz CT molecular complexity index is 541. The molecule has 0 aliphatic carbocycles.